The fourth-order valence-electron chi connectivity index (χ4n) is 4.86. The Morgan fingerprint density at radius 3 is 2.66 bits per heavy atom. The Bertz CT molecular complexity index is 1170. The van der Waals surface area contributed by atoms with Crippen molar-refractivity contribution in [3.8, 4) is 5.75 Å². The largest absolute Gasteiger partial charge is 0.487 e. The lowest BCUT2D eigenvalue weighted by atomic mass is 9.88. The first kappa shape index (κ1) is 24.7. The molecule has 2 aliphatic heterocycles. The lowest BCUT2D eigenvalue weighted by molar-refractivity contribution is -0.130. The van der Waals surface area contributed by atoms with Gasteiger partial charge in [0.05, 0.1) is 24.5 Å². The average molecular weight is 481 g/mol. The van der Waals surface area contributed by atoms with Crippen molar-refractivity contribution < 1.29 is 18.7 Å². The normalized spacial score (nSPS) is 20.5. The molecule has 2 aromatic rings. The third-order valence-electron chi connectivity index (χ3n) is 6.99. The summed E-state index contributed by atoms with van der Waals surface area (Å²) < 4.78 is 19.9. The van der Waals surface area contributed by atoms with Crippen LogP contribution in [0.5, 0.6) is 5.75 Å². The van der Waals surface area contributed by atoms with Crippen LogP contribution in [0.25, 0.3) is 0 Å². The van der Waals surface area contributed by atoms with Crippen LogP contribution in [0.2, 0.25) is 0 Å². The molecule has 8 heteroatoms. The van der Waals surface area contributed by atoms with Crippen molar-refractivity contribution in [3.05, 3.63) is 65.0 Å². The van der Waals surface area contributed by atoms with E-state index in [1.165, 1.54) is 17.0 Å². The van der Waals surface area contributed by atoms with E-state index in [1.54, 1.807) is 24.3 Å². The van der Waals surface area contributed by atoms with E-state index in [0.29, 0.717) is 29.7 Å². The zero-order valence-electron chi connectivity index (χ0n) is 20.7. The van der Waals surface area contributed by atoms with E-state index in [9.17, 15) is 14.0 Å². The van der Waals surface area contributed by atoms with E-state index in [2.05, 4.69) is 10.3 Å². The van der Waals surface area contributed by atoms with Crippen LogP contribution in [0.1, 0.15) is 80.9 Å². The monoisotopic (exact) mass is 480 g/mol. The lowest BCUT2D eigenvalue weighted by Gasteiger charge is -2.38. The Balaban J connectivity index is 1.53. The van der Waals surface area contributed by atoms with Crippen LogP contribution in [0.4, 0.5) is 4.39 Å². The number of halogens is 1. The number of nitrogens with two attached hydrogens (primary N) is 1. The van der Waals surface area contributed by atoms with E-state index >= 15 is 0 Å². The molecule has 1 atom stereocenters. The molecule has 1 unspecified atom stereocenters. The van der Waals surface area contributed by atoms with Gasteiger partial charge in [-0.2, -0.15) is 0 Å². The van der Waals surface area contributed by atoms with Gasteiger partial charge in [0.1, 0.15) is 17.2 Å². The summed E-state index contributed by atoms with van der Waals surface area (Å²) in [6.45, 7) is 8.13. The van der Waals surface area contributed by atoms with Crippen LogP contribution < -0.4 is 15.8 Å². The fraction of sp³-hybridized carbons (Fsp3) is 0.444. The molecule has 0 aromatic heterocycles. The summed E-state index contributed by atoms with van der Waals surface area (Å²) in [6.07, 6.45) is 2.31. The molecular weight excluding hydrogens is 447 g/mol. The Morgan fingerprint density at radius 2 is 1.97 bits per heavy atom. The molecule has 0 saturated carbocycles. The molecular formula is C27H33FN4O3. The maximum atomic E-state index is 13.9. The molecule has 186 valence electrons. The van der Waals surface area contributed by atoms with Crippen LogP contribution in [-0.4, -0.2) is 33.8 Å². The number of nitrogens with one attached hydrogen (secondary N) is 1. The molecule has 0 bridgehead atoms. The summed E-state index contributed by atoms with van der Waals surface area (Å²) in [4.78, 5) is 32.2. The topological polar surface area (TPSA) is 97.0 Å². The number of fused-ring (bicyclic) bond motifs is 1. The van der Waals surface area contributed by atoms with Crippen LogP contribution in [-0.2, 0) is 11.3 Å². The fourth-order valence-corrected chi connectivity index (χ4v) is 4.86. The first-order valence-electron chi connectivity index (χ1n) is 12.1. The Kier molecular flexibility index (Phi) is 6.58. The van der Waals surface area contributed by atoms with E-state index in [0.717, 1.165) is 18.4 Å². The number of amides is 2. The summed E-state index contributed by atoms with van der Waals surface area (Å²) >= 11 is 0. The standard InChI is InChI=1S/C27H33FN4O3/c1-5-27(6-2)15-23(33)32(25(29)31-27)16-17-8-7-9-18(12-17)24(34)30-21-14-26(3,4)35-22-11-10-19(28)13-20(21)22/h7-13,21H,5-6,14-16H2,1-4H3,(H2,29,31)(H,30,34). The predicted octanol–water partition coefficient (Wildman–Crippen LogP) is 4.46. The van der Waals surface area contributed by atoms with Crippen molar-refractivity contribution >= 4 is 17.8 Å². The highest BCUT2D eigenvalue weighted by atomic mass is 19.1. The predicted molar refractivity (Wildman–Crippen MR) is 132 cm³/mol. The molecule has 2 heterocycles. The first-order chi connectivity index (χ1) is 16.5. The number of hydrogen-bond acceptors (Lipinski definition) is 5. The third-order valence-corrected chi connectivity index (χ3v) is 6.99. The molecule has 0 radical (unpaired) electrons. The number of carbonyl (C=O) groups is 2. The molecule has 2 amide bonds. The van der Waals surface area contributed by atoms with E-state index in [4.69, 9.17) is 10.5 Å². The highest BCUT2D eigenvalue weighted by Crippen LogP contribution is 2.40. The van der Waals surface area contributed by atoms with Gasteiger partial charge in [0, 0.05) is 17.5 Å². The Morgan fingerprint density at radius 1 is 1.23 bits per heavy atom. The first-order valence-corrected chi connectivity index (χ1v) is 12.1. The van der Waals surface area contributed by atoms with E-state index in [-0.39, 0.29) is 30.1 Å². The summed E-state index contributed by atoms with van der Waals surface area (Å²) in [6, 6.07) is 11.0. The van der Waals surface area contributed by atoms with Crippen molar-refractivity contribution in [2.75, 3.05) is 0 Å². The quantitative estimate of drug-likeness (QED) is 0.638. The van der Waals surface area contributed by atoms with Gasteiger partial charge in [-0.05, 0) is 62.6 Å². The number of guanidine groups is 1. The Hall–Kier alpha value is -3.42. The van der Waals surface area contributed by atoms with Crippen LogP contribution in [0.15, 0.2) is 47.5 Å². The van der Waals surface area contributed by atoms with Crippen molar-refractivity contribution in [1.29, 1.82) is 0 Å². The van der Waals surface area contributed by atoms with Crippen LogP contribution in [0.3, 0.4) is 0 Å². The van der Waals surface area contributed by atoms with Crippen molar-refractivity contribution in [3.63, 3.8) is 0 Å². The number of aliphatic imine (C=N–C) groups is 1. The number of benzene rings is 2. The number of rotatable bonds is 6. The van der Waals surface area contributed by atoms with Gasteiger partial charge < -0.3 is 15.8 Å². The molecule has 3 N–H and O–H groups in total. The van der Waals surface area contributed by atoms with Gasteiger partial charge in [0.25, 0.3) is 5.91 Å². The molecule has 0 spiro atoms. The molecule has 0 saturated heterocycles. The summed E-state index contributed by atoms with van der Waals surface area (Å²) in [7, 11) is 0. The minimum absolute atomic E-state index is 0.0703. The second-order valence-electron chi connectivity index (χ2n) is 10.0. The molecule has 0 aliphatic carbocycles. The number of hydrogen-bond donors (Lipinski definition) is 2. The molecule has 7 nitrogen and oxygen atoms in total. The second kappa shape index (κ2) is 9.32. The van der Waals surface area contributed by atoms with Gasteiger partial charge >= 0.3 is 0 Å². The number of carbonyl (C=O) groups excluding carboxylic acids is 2. The third kappa shape index (κ3) is 5.16. The van der Waals surface area contributed by atoms with Crippen molar-refractivity contribution in [2.24, 2.45) is 10.7 Å². The summed E-state index contributed by atoms with van der Waals surface area (Å²) in [5, 5.41) is 3.03. The lowest BCUT2D eigenvalue weighted by Crippen LogP contribution is -2.50. The van der Waals surface area contributed by atoms with Crippen LogP contribution >= 0.6 is 0 Å². The van der Waals surface area contributed by atoms with Crippen molar-refractivity contribution in [1.82, 2.24) is 10.2 Å². The maximum Gasteiger partial charge on any atom is 0.251 e. The zero-order chi connectivity index (χ0) is 25.4. The van der Waals surface area contributed by atoms with Gasteiger partial charge in [-0.25, -0.2) is 9.38 Å². The van der Waals surface area contributed by atoms with Crippen molar-refractivity contribution in [2.45, 2.75) is 77.1 Å². The minimum atomic E-state index is -0.512. The van der Waals surface area contributed by atoms with Gasteiger partial charge in [0.2, 0.25) is 5.91 Å². The second-order valence-corrected chi connectivity index (χ2v) is 10.0. The molecule has 35 heavy (non-hydrogen) atoms. The maximum absolute atomic E-state index is 13.9. The van der Waals surface area contributed by atoms with Gasteiger partial charge in [-0.3, -0.25) is 14.5 Å². The van der Waals surface area contributed by atoms with Crippen LogP contribution in [0, 0.1) is 5.82 Å². The zero-order valence-corrected chi connectivity index (χ0v) is 20.7. The highest BCUT2D eigenvalue weighted by molar-refractivity contribution is 5.99. The molecule has 4 rings (SSSR count). The van der Waals surface area contributed by atoms with E-state index in [1.807, 2.05) is 33.8 Å². The van der Waals surface area contributed by atoms with Gasteiger partial charge in [-0.15, -0.1) is 0 Å². The molecule has 0 fully saturated rings. The number of ether oxygens (including phenoxy) is 1. The smallest absolute Gasteiger partial charge is 0.251 e. The average Bonchev–Trinajstić information content (AvgIpc) is 2.81. The summed E-state index contributed by atoms with van der Waals surface area (Å²) in [5.41, 5.74) is 7.06. The van der Waals surface area contributed by atoms with Gasteiger partial charge in [0.15, 0.2) is 5.96 Å². The highest BCUT2D eigenvalue weighted by Gasteiger charge is 2.37. The SMILES string of the molecule is CCC1(CC)CC(=O)N(Cc2cccc(C(=O)NC3CC(C)(C)Oc4ccc(F)cc43)c2)C(N)=N1. The summed E-state index contributed by atoms with van der Waals surface area (Å²) in [5.74, 6) is 0.0404. The van der Waals surface area contributed by atoms with Gasteiger partial charge in [-0.1, -0.05) is 26.0 Å². The molecule has 2 aliphatic rings. The minimum Gasteiger partial charge on any atom is -0.487 e. The number of nitrogens with zero attached hydrogens (tertiary/aromatic N) is 2. The Labute approximate surface area is 205 Å². The van der Waals surface area contributed by atoms with E-state index < -0.39 is 17.2 Å². The molecule has 2 aromatic carbocycles.